The highest BCUT2D eigenvalue weighted by Crippen LogP contribution is 2.38. The maximum Gasteiger partial charge on any atom is 0.433 e. The molecule has 0 bridgehead atoms. The second-order valence-corrected chi connectivity index (χ2v) is 9.52. The zero-order valence-corrected chi connectivity index (χ0v) is 20.0. The summed E-state index contributed by atoms with van der Waals surface area (Å²) in [7, 11) is 0. The van der Waals surface area contributed by atoms with Crippen LogP contribution in [0.1, 0.15) is 28.4 Å². The number of thiophene rings is 1. The van der Waals surface area contributed by atoms with Crippen molar-refractivity contribution in [3.8, 4) is 11.6 Å². The molecule has 0 fully saturated rings. The molecule has 8 nitrogen and oxygen atoms in total. The van der Waals surface area contributed by atoms with E-state index in [1.54, 1.807) is 17.7 Å². The van der Waals surface area contributed by atoms with E-state index >= 15 is 0 Å². The molecule has 6 rings (SSSR count). The molecule has 35 heavy (non-hydrogen) atoms. The van der Waals surface area contributed by atoms with Gasteiger partial charge in [0.2, 0.25) is 5.82 Å². The first-order valence-corrected chi connectivity index (χ1v) is 11.6. The van der Waals surface area contributed by atoms with Crippen molar-refractivity contribution in [1.82, 2.24) is 34.3 Å². The molecule has 0 spiro atoms. The summed E-state index contributed by atoms with van der Waals surface area (Å²) in [5, 5.41) is 10.1. The van der Waals surface area contributed by atoms with Gasteiger partial charge in [0.25, 0.3) is 0 Å². The van der Waals surface area contributed by atoms with Crippen LogP contribution in [0.4, 0.5) is 13.2 Å². The third-order valence-corrected chi connectivity index (χ3v) is 7.35. The number of nitrogens with zero attached hydrogens (tertiary/aromatic N) is 7. The van der Waals surface area contributed by atoms with Gasteiger partial charge < -0.3 is 4.42 Å². The van der Waals surface area contributed by atoms with E-state index in [4.69, 9.17) is 16.0 Å². The van der Waals surface area contributed by atoms with Crippen molar-refractivity contribution in [3.05, 3.63) is 58.0 Å². The molecule has 0 aliphatic rings. The Morgan fingerprint density at radius 2 is 1.91 bits per heavy atom. The average Bonchev–Trinajstić information content (AvgIpc) is 3.55. The van der Waals surface area contributed by atoms with Gasteiger partial charge in [0, 0.05) is 5.39 Å². The lowest BCUT2D eigenvalue weighted by Crippen LogP contribution is -2.07. The molecule has 0 saturated carbocycles. The summed E-state index contributed by atoms with van der Waals surface area (Å²) in [6, 6.07) is 4.61. The van der Waals surface area contributed by atoms with Crippen molar-refractivity contribution in [2.45, 2.75) is 33.5 Å². The van der Waals surface area contributed by atoms with E-state index in [-0.39, 0.29) is 4.83 Å². The number of fused-ring (bicyclic) bond motifs is 5. The fourth-order valence-electron chi connectivity index (χ4n) is 4.02. The number of rotatable bonds is 3. The molecule has 0 N–H and O–H groups in total. The summed E-state index contributed by atoms with van der Waals surface area (Å²) in [5.74, 6) is 1.42. The summed E-state index contributed by atoms with van der Waals surface area (Å²) in [6.45, 7) is 5.73. The fourth-order valence-corrected chi connectivity index (χ4v) is 5.33. The van der Waals surface area contributed by atoms with E-state index in [9.17, 15) is 13.2 Å². The minimum absolute atomic E-state index is 0.251. The molecular formula is C22H15ClF3N7OS. The minimum Gasteiger partial charge on any atom is -0.456 e. The highest BCUT2D eigenvalue weighted by Gasteiger charge is 2.33. The van der Waals surface area contributed by atoms with Crippen LogP contribution in [-0.2, 0) is 12.7 Å². The van der Waals surface area contributed by atoms with Gasteiger partial charge in [-0.15, -0.1) is 16.4 Å². The van der Waals surface area contributed by atoms with Crippen molar-refractivity contribution in [2.75, 3.05) is 0 Å². The standard InChI is InChI=1S/C22H15ClF3N7OS/c1-9-6-14(22(24,25)26)28-21-15(9)17-18(35-21)20-29-19(31-33(20)8-27-17)13-5-4-12(34-13)7-32-11(3)16(23)10(2)30-32/h4-6,8H,7H2,1-3H3. The molecule has 6 aromatic rings. The molecule has 0 saturated heterocycles. The highest BCUT2D eigenvalue weighted by molar-refractivity contribution is 7.26. The zero-order valence-electron chi connectivity index (χ0n) is 18.5. The Morgan fingerprint density at radius 3 is 2.63 bits per heavy atom. The van der Waals surface area contributed by atoms with Crippen molar-refractivity contribution in [1.29, 1.82) is 0 Å². The normalized spacial score (nSPS) is 12.5. The van der Waals surface area contributed by atoms with Crippen LogP contribution in [0.5, 0.6) is 0 Å². The first kappa shape index (κ1) is 22.0. The van der Waals surface area contributed by atoms with Crippen LogP contribution in [0.2, 0.25) is 5.02 Å². The summed E-state index contributed by atoms with van der Waals surface area (Å²) < 4.78 is 49.6. The highest BCUT2D eigenvalue weighted by atomic mass is 35.5. The van der Waals surface area contributed by atoms with Crippen LogP contribution >= 0.6 is 22.9 Å². The summed E-state index contributed by atoms with van der Waals surface area (Å²) in [6.07, 6.45) is -3.05. The monoisotopic (exact) mass is 517 g/mol. The second kappa shape index (κ2) is 7.49. The van der Waals surface area contributed by atoms with Gasteiger partial charge >= 0.3 is 6.18 Å². The third kappa shape index (κ3) is 3.47. The van der Waals surface area contributed by atoms with E-state index < -0.39 is 11.9 Å². The molecule has 0 atom stereocenters. The van der Waals surface area contributed by atoms with Crippen molar-refractivity contribution >= 4 is 49.0 Å². The van der Waals surface area contributed by atoms with Crippen molar-refractivity contribution < 1.29 is 17.6 Å². The van der Waals surface area contributed by atoms with Crippen LogP contribution in [-0.4, -0.2) is 34.3 Å². The number of pyridine rings is 1. The number of aryl methyl sites for hydroxylation is 2. The maximum atomic E-state index is 13.3. The Kier molecular flexibility index (Phi) is 4.71. The lowest BCUT2D eigenvalue weighted by Gasteiger charge is -2.06. The molecule has 6 aromatic heterocycles. The van der Waals surface area contributed by atoms with Gasteiger partial charge in [-0.05, 0) is 44.5 Å². The predicted octanol–water partition coefficient (Wildman–Crippen LogP) is 5.99. The number of hydrogen-bond acceptors (Lipinski definition) is 7. The average molecular weight is 518 g/mol. The van der Waals surface area contributed by atoms with Crippen LogP contribution in [0, 0.1) is 20.8 Å². The molecule has 0 unspecified atom stereocenters. The summed E-state index contributed by atoms with van der Waals surface area (Å²) in [4.78, 5) is 13.1. The van der Waals surface area contributed by atoms with Gasteiger partial charge in [-0.2, -0.15) is 18.3 Å². The first-order valence-electron chi connectivity index (χ1n) is 10.4. The molecule has 0 aliphatic carbocycles. The number of aromatic nitrogens is 7. The predicted molar refractivity (Wildman–Crippen MR) is 125 cm³/mol. The molecule has 0 amide bonds. The van der Waals surface area contributed by atoms with Crippen molar-refractivity contribution in [2.24, 2.45) is 0 Å². The van der Waals surface area contributed by atoms with E-state index in [2.05, 4.69) is 25.1 Å². The molecular weight excluding hydrogens is 503 g/mol. The van der Waals surface area contributed by atoms with Crippen molar-refractivity contribution in [3.63, 3.8) is 0 Å². The second-order valence-electron chi connectivity index (χ2n) is 8.14. The van der Waals surface area contributed by atoms with Gasteiger partial charge in [0.05, 0.1) is 28.5 Å². The van der Waals surface area contributed by atoms with Gasteiger partial charge in [0.1, 0.15) is 27.3 Å². The molecule has 0 radical (unpaired) electrons. The van der Waals surface area contributed by atoms with Gasteiger partial charge in [0.15, 0.2) is 11.4 Å². The Balaban J connectivity index is 1.42. The number of halogens is 4. The topological polar surface area (TPSA) is 86.9 Å². The van der Waals surface area contributed by atoms with E-state index in [0.29, 0.717) is 55.7 Å². The van der Waals surface area contributed by atoms with Crippen LogP contribution in [0.15, 0.2) is 28.9 Å². The minimum atomic E-state index is -4.53. The fraction of sp³-hybridized carbons (Fsp3) is 0.227. The lowest BCUT2D eigenvalue weighted by molar-refractivity contribution is -0.141. The third-order valence-electron chi connectivity index (χ3n) is 5.74. The number of hydrogen-bond donors (Lipinski definition) is 0. The van der Waals surface area contributed by atoms with E-state index in [1.165, 1.54) is 10.8 Å². The lowest BCUT2D eigenvalue weighted by atomic mass is 10.1. The molecule has 6 heterocycles. The SMILES string of the molecule is Cc1nn(Cc2ccc(-c3nc4c5sc6nc(C(F)(F)F)cc(C)c6c5ncn4n3)o2)c(C)c1Cl. The Bertz CT molecular complexity index is 1780. The van der Waals surface area contributed by atoms with Gasteiger partial charge in [-0.1, -0.05) is 11.6 Å². The van der Waals surface area contributed by atoms with Gasteiger partial charge in [-0.25, -0.2) is 19.5 Å². The van der Waals surface area contributed by atoms with Crippen LogP contribution < -0.4 is 0 Å². The Labute approximate surface area is 204 Å². The molecule has 0 aliphatic heterocycles. The molecule has 13 heteroatoms. The number of alkyl halides is 3. The van der Waals surface area contributed by atoms with Crippen LogP contribution in [0.25, 0.3) is 37.7 Å². The van der Waals surface area contributed by atoms with Gasteiger partial charge in [-0.3, -0.25) is 4.68 Å². The first-order chi connectivity index (χ1) is 16.6. The number of furan rings is 1. The largest absolute Gasteiger partial charge is 0.456 e. The van der Waals surface area contributed by atoms with Crippen LogP contribution in [0.3, 0.4) is 0 Å². The Hall–Kier alpha value is -3.51. The van der Waals surface area contributed by atoms with E-state index in [0.717, 1.165) is 28.8 Å². The summed E-state index contributed by atoms with van der Waals surface area (Å²) in [5.41, 5.74) is 2.10. The smallest absolute Gasteiger partial charge is 0.433 e. The maximum absolute atomic E-state index is 13.3. The molecule has 0 aromatic carbocycles. The van der Waals surface area contributed by atoms with E-state index in [1.807, 2.05) is 19.9 Å². The Morgan fingerprint density at radius 1 is 1.11 bits per heavy atom. The quantitative estimate of drug-likeness (QED) is 0.286. The molecule has 178 valence electrons. The zero-order chi connectivity index (χ0) is 24.6. The summed E-state index contributed by atoms with van der Waals surface area (Å²) >= 11 is 7.33.